The van der Waals surface area contributed by atoms with Gasteiger partial charge in [-0.2, -0.15) is 4.72 Å². The largest absolute Gasteiger partial charge is 0.355 e. The summed E-state index contributed by atoms with van der Waals surface area (Å²) in [5.74, 6) is -0.333. The highest BCUT2D eigenvalue weighted by Gasteiger charge is 2.25. The van der Waals surface area contributed by atoms with Gasteiger partial charge in [-0.05, 0) is 42.7 Å². The summed E-state index contributed by atoms with van der Waals surface area (Å²) in [5.41, 5.74) is 0.877. The number of carbonyl (C=O) groups is 1. The molecule has 0 aliphatic carbocycles. The van der Waals surface area contributed by atoms with Crippen LogP contribution >= 0.6 is 11.6 Å². The number of benzene rings is 2. The van der Waals surface area contributed by atoms with Crippen molar-refractivity contribution in [3.05, 3.63) is 65.2 Å². The first-order valence-electron chi connectivity index (χ1n) is 8.52. The van der Waals surface area contributed by atoms with Crippen LogP contribution in [0.2, 0.25) is 5.02 Å². The summed E-state index contributed by atoms with van der Waals surface area (Å²) in [4.78, 5) is 12.6. The van der Waals surface area contributed by atoms with Crippen LogP contribution in [0.1, 0.15) is 25.3 Å². The van der Waals surface area contributed by atoms with E-state index >= 15 is 0 Å². The normalized spacial score (nSPS) is 12.5. The van der Waals surface area contributed by atoms with E-state index in [2.05, 4.69) is 10.0 Å². The summed E-state index contributed by atoms with van der Waals surface area (Å²) in [7, 11) is -3.84. The van der Waals surface area contributed by atoms with Crippen LogP contribution in [0.4, 0.5) is 0 Å². The van der Waals surface area contributed by atoms with Crippen molar-refractivity contribution in [1.29, 1.82) is 0 Å². The van der Waals surface area contributed by atoms with Gasteiger partial charge in [-0.1, -0.05) is 55.3 Å². The third-order valence-electron chi connectivity index (χ3n) is 3.85. The Balaban J connectivity index is 2.19. The molecule has 0 radical (unpaired) electrons. The van der Waals surface area contributed by atoms with Crippen LogP contribution in [0.5, 0.6) is 0 Å². The Morgan fingerprint density at radius 2 is 1.73 bits per heavy atom. The number of amides is 1. The van der Waals surface area contributed by atoms with Gasteiger partial charge in [0, 0.05) is 11.6 Å². The summed E-state index contributed by atoms with van der Waals surface area (Å²) < 4.78 is 27.8. The predicted octanol–water partition coefficient (Wildman–Crippen LogP) is 3.15. The zero-order chi connectivity index (χ0) is 19.0. The molecular formula is C19H23ClN2O3S. The Labute approximate surface area is 159 Å². The summed E-state index contributed by atoms with van der Waals surface area (Å²) in [6.07, 6.45) is 2.06. The van der Waals surface area contributed by atoms with E-state index in [1.54, 1.807) is 0 Å². The molecule has 0 saturated heterocycles. The van der Waals surface area contributed by atoms with Crippen molar-refractivity contribution in [2.24, 2.45) is 0 Å². The fourth-order valence-corrected chi connectivity index (χ4v) is 3.74. The quantitative estimate of drug-likeness (QED) is 0.641. The third-order valence-corrected chi connectivity index (χ3v) is 5.59. The van der Waals surface area contributed by atoms with Crippen LogP contribution in [0.15, 0.2) is 59.5 Å². The molecule has 0 aliphatic heterocycles. The van der Waals surface area contributed by atoms with Crippen LogP contribution < -0.4 is 10.0 Å². The molecule has 0 bridgehead atoms. The molecule has 0 aromatic heterocycles. The first-order chi connectivity index (χ1) is 12.4. The van der Waals surface area contributed by atoms with Crippen molar-refractivity contribution in [2.75, 3.05) is 6.54 Å². The molecule has 1 atom stereocenters. The lowest BCUT2D eigenvalue weighted by atomic mass is 10.1. The van der Waals surface area contributed by atoms with E-state index in [0.717, 1.165) is 18.4 Å². The lowest BCUT2D eigenvalue weighted by molar-refractivity contribution is -0.122. The molecule has 0 heterocycles. The molecule has 2 aromatic rings. The fraction of sp³-hybridized carbons (Fsp3) is 0.316. The summed E-state index contributed by atoms with van der Waals surface area (Å²) in [5, 5.41) is 3.25. The molecule has 1 amide bonds. The maximum atomic E-state index is 12.6. The average Bonchev–Trinajstić information content (AvgIpc) is 2.62. The molecule has 140 valence electrons. The summed E-state index contributed by atoms with van der Waals surface area (Å²) in [6, 6.07) is 14.3. The van der Waals surface area contributed by atoms with Crippen molar-refractivity contribution < 1.29 is 13.2 Å². The van der Waals surface area contributed by atoms with Gasteiger partial charge in [-0.15, -0.1) is 0 Å². The Hall–Kier alpha value is -1.89. The van der Waals surface area contributed by atoms with Gasteiger partial charge in [0.2, 0.25) is 15.9 Å². The highest BCUT2D eigenvalue weighted by Crippen LogP contribution is 2.15. The molecule has 0 spiro atoms. The van der Waals surface area contributed by atoms with E-state index in [4.69, 9.17) is 11.6 Å². The molecule has 0 aliphatic rings. The molecule has 5 nitrogen and oxygen atoms in total. The van der Waals surface area contributed by atoms with E-state index in [1.165, 1.54) is 24.3 Å². The van der Waals surface area contributed by atoms with Crippen LogP contribution in [-0.2, 0) is 21.2 Å². The second-order valence-corrected chi connectivity index (χ2v) is 8.11. The zero-order valence-corrected chi connectivity index (χ0v) is 16.2. The van der Waals surface area contributed by atoms with Gasteiger partial charge in [0.15, 0.2) is 0 Å². The minimum Gasteiger partial charge on any atom is -0.355 e. The van der Waals surface area contributed by atoms with Crippen LogP contribution in [0.25, 0.3) is 0 Å². The molecule has 2 aromatic carbocycles. The minimum atomic E-state index is -3.84. The predicted molar refractivity (Wildman–Crippen MR) is 104 cm³/mol. The Morgan fingerprint density at radius 1 is 1.08 bits per heavy atom. The maximum Gasteiger partial charge on any atom is 0.241 e. The number of sulfonamides is 1. The van der Waals surface area contributed by atoms with E-state index in [-0.39, 0.29) is 17.2 Å². The summed E-state index contributed by atoms with van der Waals surface area (Å²) in [6.45, 7) is 2.54. The maximum absolute atomic E-state index is 12.6. The summed E-state index contributed by atoms with van der Waals surface area (Å²) >= 11 is 5.82. The molecule has 0 saturated carbocycles. The van der Waals surface area contributed by atoms with Crippen LogP contribution in [0, 0.1) is 0 Å². The number of halogens is 1. The zero-order valence-electron chi connectivity index (χ0n) is 14.6. The van der Waals surface area contributed by atoms with Crippen molar-refractivity contribution in [2.45, 2.75) is 37.1 Å². The number of hydrogen-bond acceptors (Lipinski definition) is 3. The second kappa shape index (κ2) is 9.71. The van der Waals surface area contributed by atoms with Gasteiger partial charge >= 0.3 is 0 Å². The number of rotatable bonds is 9. The van der Waals surface area contributed by atoms with E-state index < -0.39 is 16.1 Å². The topological polar surface area (TPSA) is 75.3 Å². The number of carbonyl (C=O) groups excluding carboxylic acids is 1. The molecule has 7 heteroatoms. The van der Waals surface area contributed by atoms with Gasteiger partial charge in [0.1, 0.15) is 6.04 Å². The highest BCUT2D eigenvalue weighted by molar-refractivity contribution is 7.89. The van der Waals surface area contributed by atoms with E-state index in [1.807, 2.05) is 37.3 Å². The number of hydrogen-bond donors (Lipinski definition) is 2. The van der Waals surface area contributed by atoms with Gasteiger partial charge in [0.05, 0.1) is 4.90 Å². The molecule has 2 N–H and O–H groups in total. The smallest absolute Gasteiger partial charge is 0.241 e. The molecule has 1 unspecified atom stereocenters. The Bertz CT molecular complexity index is 808. The lowest BCUT2D eigenvalue weighted by Crippen LogP contribution is -2.48. The lowest BCUT2D eigenvalue weighted by Gasteiger charge is -2.19. The standard InChI is InChI=1S/C19H23ClN2O3S/c1-2-3-13-21-19(23)18(14-15-7-5-4-6-8-15)22-26(24,25)17-11-9-16(20)10-12-17/h4-12,18,22H,2-3,13-14H2,1H3,(H,21,23). The van der Waals surface area contributed by atoms with Gasteiger partial charge in [0.25, 0.3) is 0 Å². The highest BCUT2D eigenvalue weighted by atomic mass is 35.5. The number of unbranched alkanes of at least 4 members (excludes halogenated alkanes) is 1. The van der Waals surface area contributed by atoms with Crippen molar-refractivity contribution in [3.8, 4) is 0 Å². The molecule has 2 rings (SSSR count). The van der Waals surface area contributed by atoms with Crippen LogP contribution in [0.3, 0.4) is 0 Å². The SMILES string of the molecule is CCCCNC(=O)C(Cc1ccccc1)NS(=O)(=O)c1ccc(Cl)cc1. The Kier molecular flexibility index (Phi) is 7.63. The third kappa shape index (κ3) is 6.12. The van der Waals surface area contributed by atoms with Crippen LogP contribution in [-0.4, -0.2) is 26.9 Å². The Morgan fingerprint density at radius 3 is 2.35 bits per heavy atom. The fourth-order valence-electron chi connectivity index (χ4n) is 2.42. The second-order valence-electron chi connectivity index (χ2n) is 5.96. The molecular weight excluding hydrogens is 372 g/mol. The molecule has 26 heavy (non-hydrogen) atoms. The number of nitrogens with one attached hydrogen (secondary N) is 2. The van der Waals surface area contributed by atoms with E-state index in [9.17, 15) is 13.2 Å². The first kappa shape index (κ1) is 20.4. The van der Waals surface area contributed by atoms with Crippen molar-refractivity contribution in [3.63, 3.8) is 0 Å². The van der Waals surface area contributed by atoms with Crippen molar-refractivity contribution >= 4 is 27.5 Å². The molecule has 0 fully saturated rings. The first-order valence-corrected chi connectivity index (χ1v) is 10.4. The van der Waals surface area contributed by atoms with Gasteiger partial charge in [-0.25, -0.2) is 8.42 Å². The van der Waals surface area contributed by atoms with Crippen molar-refractivity contribution in [1.82, 2.24) is 10.0 Å². The minimum absolute atomic E-state index is 0.0707. The van der Waals surface area contributed by atoms with E-state index in [0.29, 0.717) is 11.6 Å². The van der Waals surface area contributed by atoms with Gasteiger partial charge < -0.3 is 5.32 Å². The monoisotopic (exact) mass is 394 g/mol. The van der Waals surface area contributed by atoms with Gasteiger partial charge in [-0.3, -0.25) is 4.79 Å². The average molecular weight is 395 g/mol.